The molecule has 0 unspecified atom stereocenters. The van der Waals surface area contributed by atoms with Crippen molar-refractivity contribution in [1.29, 1.82) is 0 Å². The molecule has 1 saturated carbocycles. The standard InChI is InChI=1S/C22H21N9O2/c1-11(26-21(32)17-16-20(24-9-23-17)31(3)10-25-16)14-8-13(30-33-14)19-27-12-4-5-15(22(2)6-7-22)28-18(12)29-19/h4-5,8-11H,6-7H2,1-3H3,(H,26,32)(H,27,28,29)/t11-/m1/s1. The van der Waals surface area contributed by atoms with Crippen molar-refractivity contribution in [2.75, 3.05) is 0 Å². The van der Waals surface area contributed by atoms with E-state index in [1.807, 2.05) is 26.1 Å². The van der Waals surface area contributed by atoms with Gasteiger partial charge in [0.05, 0.1) is 12.4 Å². The number of rotatable bonds is 5. The van der Waals surface area contributed by atoms with E-state index in [-0.39, 0.29) is 17.0 Å². The van der Waals surface area contributed by atoms with Crippen molar-refractivity contribution in [2.24, 2.45) is 7.05 Å². The van der Waals surface area contributed by atoms with Crippen molar-refractivity contribution in [3.8, 4) is 11.5 Å². The number of carbonyl (C=O) groups excluding carboxylic acids is 1. The summed E-state index contributed by atoms with van der Waals surface area (Å²) >= 11 is 0. The Morgan fingerprint density at radius 3 is 2.91 bits per heavy atom. The molecule has 0 spiro atoms. The molecule has 5 aromatic rings. The highest BCUT2D eigenvalue weighted by molar-refractivity contribution is 6.02. The highest BCUT2D eigenvalue weighted by atomic mass is 16.5. The minimum atomic E-state index is -0.448. The number of aromatic nitrogens is 8. The first-order valence-corrected chi connectivity index (χ1v) is 10.7. The van der Waals surface area contributed by atoms with E-state index in [0.29, 0.717) is 28.4 Å². The number of pyridine rings is 1. The molecule has 1 amide bonds. The molecule has 5 aromatic heterocycles. The van der Waals surface area contributed by atoms with Gasteiger partial charge in [0, 0.05) is 24.2 Å². The molecule has 11 nitrogen and oxygen atoms in total. The summed E-state index contributed by atoms with van der Waals surface area (Å²) < 4.78 is 7.23. The quantitative estimate of drug-likeness (QED) is 0.422. The summed E-state index contributed by atoms with van der Waals surface area (Å²) in [6.07, 6.45) is 5.26. The second kappa shape index (κ2) is 6.92. The molecular weight excluding hydrogens is 422 g/mol. The average Bonchev–Trinajstić information content (AvgIpc) is 3.19. The average molecular weight is 443 g/mol. The Morgan fingerprint density at radius 2 is 2.09 bits per heavy atom. The highest BCUT2D eigenvalue weighted by Gasteiger charge is 2.40. The van der Waals surface area contributed by atoms with Crippen LogP contribution < -0.4 is 5.32 Å². The fourth-order valence-electron chi connectivity index (χ4n) is 3.85. The molecule has 0 bridgehead atoms. The second-order valence-corrected chi connectivity index (χ2v) is 8.77. The number of aromatic amines is 1. The maximum atomic E-state index is 12.8. The van der Waals surface area contributed by atoms with Gasteiger partial charge in [0.25, 0.3) is 5.91 Å². The molecule has 0 aromatic carbocycles. The third-order valence-corrected chi connectivity index (χ3v) is 6.22. The van der Waals surface area contributed by atoms with Gasteiger partial charge in [-0.25, -0.2) is 24.9 Å². The zero-order valence-corrected chi connectivity index (χ0v) is 18.3. The van der Waals surface area contributed by atoms with Gasteiger partial charge in [0.15, 0.2) is 28.6 Å². The van der Waals surface area contributed by atoms with Crippen LogP contribution in [0.1, 0.15) is 54.7 Å². The van der Waals surface area contributed by atoms with Gasteiger partial charge in [0.1, 0.15) is 23.1 Å². The van der Waals surface area contributed by atoms with E-state index < -0.39 is 6.04 Å². The number of nitrogens with one attached hydrogen (secondary N) is 2. The lowest BCUT2D eigenvalue weighted by atomic mass is 10.1. The van der Waals surface area contributed by atoms with Crippen molar-refractivity contribution in [3.63, 3.8) is 0 Å². The summed E-state index contributed by atoms with van der Waals surface area (Å²) in [5.41, 5.74) is 4.52. The topological polar surface area (TPSA) is 140 Å². The number of hydrogen-bond donors (Lipinski definition) is 2. The van der Waals surface area contributed by atoms with Crippen LogP contribution in [0.25, 0.3) is 33.8 Å². The number of aryl methyl sites for hydroxylation is 1. The first-order valence-electron chi connectivity index (χ1n) is 10.7. The minimum Gasteiger partial charge on any atom is -0.358 e. The smallest absolute Gasteiger partial charge is 0.272 e. The zero-order valence-electron chi connectivity index (χ0n) is 18.3. The Morgan fingerprint density at radius 1 is 1.24 bits per heavy atom. The van der Waals surface area contributed by atoms with Gasteiger partial charge in [-0.2, -0.15) is 0 Å². The molecule has 33 heavy (non-hydrogen) atoms. The number of H-pyrrole nitrogens is 1. The molecule has 2 N–H and O–H groups in total. The molecule has 1 atom stereocenters. The fourth-order valence-corrected chi connectivity index (χ4v) is 3.85. The number of hydrogen-bond acceptors (Lipinski definition) is 8. The summed E-state index contributed by atoms with van der Waals surface area (Å²) in [7, 11) is 1.81. The van der Waals surface area contributed by atoms with Gasteiger partial charge in [-0.3, -0.25) is 4.79 Å². The van der Waals surface area contributed by atoms with Gasteiger partial charge in [-0.1, -0.05) is 12.1 Å². The third kappa shape index (κ3) is 3.23. The fraction of sp³-hybridized carbons (Fsp3) is 0.318. The molecule has 1 aliphatic carbocycles. The maximum absolute atomic E-state index is 12.8. The SMILES string of the molecule is C[C@@H](NC(=O)c1ncnc2c1ncn2C)c1cc(-c2nc3ccc(C4(C)CC4)nc3[nH]2)no1. The molecule has 5 heterocycles. The van der Waals surface area contributed by atoms with Crippen LogP contribution in [0.5, 0.6) is 0 Å². The van der Waals surface area contributed by atoms with Crippen LogP contribution in [0.3, 0.4) is 0 Å². The minimum absolute atomic E-state index is 0.179. The van der Waals surface area contributed by atoms with Gasteiger partial charge in [0.2, 0.25) is 0 Å². The predicted molar refractivity (Wildman–Crippen MR) is 118 cm³/mol. The molecule has 166 valence electrons. The predicted octanol–water partition coefficient (Wildman–Crippen LogP) is 2.83. The maximum Gasteiger partial charge on any atom is 0.272 e. The van der Waals surface area contributed by atoms with E-state index in [4.69, 9.17) is 9.51 Å². The normalized spacial score (nSPS) is 15.7. The highest BCUT2D eigenvalue weighted by Crippen LogP contribution is 2.46. The van der Waals surface area contributed by atoms with E-state index in [1.165, 1.54) is 6.33 Å². The number of fused-ring (bicyclic) bond motifs is 2. The Kier molecular flexibility index (Phi) is 4.10. The van der Waals surface area contributed by atoms with Gasteiger partial charge >= 0.3 is 0 Å². The molecule has 1 fully saturated rings. The van der Waals surface area contributed by atoms with Crippen LogP contribution in [0, 0.1) is 0 Å². The lowest BCUT2D eigenvalue weighted by Gasteiger charge is -2.10. The lowest BCUT2D eigenvalue weighted by molar-refractivity contribution is 0.0930. The molecule has 11 heteroatoms. The van der Waals surface area contributed by atoms with E-state index in [0.717, 1.165) is 29.7 Å². The van der Waals surface area contributed by atoms with E-state index in [9.17, 15) is 4.79 Å². The van der Waals surface area contributed by atoms with Gasteiger partial charge in [-0.05, 0) is 31.9 Å². The van der Waals surface area contributed by atoms with Crippen LogP contribution >= 0.6 is 0 Å². The Bertz CT molecular complexity index is 1530. The molecule has 6 rings (SSSR count). The third-order valence-electron chi connectivity index (χ3n) is 6.22. The summed E-state index contributed by atoms with van der Waals surface area (Å²) in [6, 6.07) is 5.32. The first kappa shape index (κ1) is 19.5. The lowest BCUT2D eigenvalue weighted by Crippen LogP contribution is -2.27. The largest absolute Gasteiger partial charge is 0.358 e. The first-order chi connectivity index (χ1) is 15.9. The van der Waals surface area contributed by atoms with E-state index in [2.05, 4.69) is 42.3 Å². The van der Waals surface area contributed by atoms with E-state index >= 15 is 0 Å². The van der Waals surface area contributed by atoms with Crippen molar-refractivity contribution < 1.29 is 9.32 Å². The van der Waals surface area contributed by atoms with Crippen LogP contribution in [0.2, 0.25) is 0 Å². The van der Waals surface area contributed by atoms with Crippen molar-refractivity contribution in [2.45, 2.75) is 38.1 Å². The zero-order chi connectivity index (χ0) is 22.7. The number of carbonyl (C=O) groups is 1. The van der Waals surface area contributed by atoms with Crippen LogP contribution in [0.4, 0.5) is 0 Å². The molecule has 0 radical (unpaired) electrons. The monoisotopic (exact) mass is 443 g/mol. The van der Waals surface area contributed by atoms with Gasteiger partial charge in [-0.15, -0.1) is 0 Å². The van der Waals surface area contributed by atoms with Gasteiger partial charge < -0.3 is 19.4 Å². The summed E-state index contributed by atoms with van der Waals surface area (Å²) in [4.78, 5) is 37.9. The van der Waals surface area contributed by atoms with Crippen LogP contribution in [-0.2, 0) is 12.5 Å². The Labute approximate surface area is 187 Å². The second-order valence-electron chi connectivity index (χ2n) is 8.77. The number of imidazole rings is 2. The van der Waals surface area contributed by atoms with Crippen LogP contribution in [-0.4, -0.2) is 45.5 Å². The van der Waals surface area contributed by atoms with Crippen molar-refractivity contribution >= 4 is 28.2 Å². The van der Waals surface area contributed by atoms with Crippen LogP contribution in [0.15, 0.2) is 35.4 Å². The van der Waals surface area contributed by atoms with E-state index in [1.54, 1.807) is 17.0 Å². The number of nitrogens with zero attached hydrogens (tertiary/aromatic N) is 7. The number of amides is 1. The summed E-state index contributed by atoms with van der Waals surface area (Å²) in [5.74, 6) is 0.681. The molecule has 1 aliphatic rings. The molecule has 0 saturated heterocycles. The molecule has 0 aliphatic heterocycles. The van der Waals surface area contributed by atoms with Crippen molar-refractivity contribution in [3.05, 3.63) is 48.0 Å². The summed E-state index contributed by atoms with van der Waals surface area (Å²) in [5, 5.41) is 7.01. The molecular formula is C22H21N9O2. The van der Waals surface area contributed by atoms with Crippen molar-refractivity contribution in [1.82, 2.24) is 44.9 Å². The Balaban J connectivity index is 1.23. The Hall–Kier alpha value is -4.15. The summed E-state index contributed by atoms with van der Waals surface area (Å²) in [6.45, 7) is 4.03.